The van der Waals surface area contributed by atoms with Crippen molar-refractivity contribution in [1.82, 2.24) is 0 Å². The molecule has 0 unspecified atom stereocenters. The molecule has 0 aliphatic carbocycles. The van der Waals surface area contributed by atoms with Crippen molar-refractivity contribution >= 4 is 17.9 Å². The molecular weight excluding hydrogens is 937 g/mol. The van der Waals surface area contributed by atoms with Gasteiger partial charge in [0.05, 0.1) is 63.4 Å². The Morgan fingerprint density at radius 1 is 0.397 bits per heavy atom. The average molecular weight is 997 g/mol. The van der Waals surface area contributed by atoms with Crippen molar-refractivity contribution in [2.24, 2.45) is 0 Å². The molecule has 2 aliphatic rings. The highest BCUT2D eigenvalue weighted by Crippen LogP contribution is 2.36. The first-order valence-corrected chi connectivity index (χ1v) is 24.0. The first-order chi connectivity index (χ1) is 35.8. The summed E-state index contributed by atoms with van der Waals surface area (Å²) in [6.45, 7) is 0.404. The fourth-order valence-corrected chi connectivity index (χ4v) is 8.73. The number of carbonyl (C=O) groups excluding carboxylic acids is 3. The van der Waals surface area contributed by atoms with Crippen LogP contribution in [0, 0.1) is 0 Å². The van der Waals surface area contributed by atoms with Gasteiger partial charge in [-0.3, -0.25) is 0 Å². The van der Waals surface area contributed by atoms with Crippen LogP contribution in [-0.2, 0) is 83.3 Å². The molecule has 0 N–H and O–H groups in total. The zero-order valence-electron chi connectivity index (χ0n) is 40.9. The first kappa shape index (κ1) is 52.7. The fourth-order valence-electron chi connectivity index (χ4n) is 8.73. The monoisotopic (exact) mass is 996 g/mol. The second-order valence-corrected chi connectivity index (χ2v) is 17.3. The predicted octanol–water partition coefficient (Wildman–Crippen LogP) is 8.33. The molecule has 10 atom stereocenters. The molecule has 2 aliphatic heterocycles. The molecule has 0 spiro atoms. The molecule has 6 aromatic carbocycles. The highest BCUT2D eigenvalue weighted by Gasteiger charge is 2.55. The topological polar surface area (TPSA) is 162 Å². The van der Waals surface area contributed by atoms with Gasteiger partial charge in [0, 0.05) is 14.2 Å². The van der Waals surface area contributed by atoms with Crippen LogP contribution in [0.15, 0.2) is 176 Å². The summed E-state index contributed by atoms with van der Waals surface area (Å²) >= 11 is 0. The van der Waals surface area contributed by atoms with E-state index >= 15 is 0 Å². The van der Waals surface area contributed by atoms with E-state index in [1.54, 1.807) is 36.4 Å². The van der Waals surface area contributed by atoms with Gasteiger partial charge in [0.1, 0.15) is 42.7 Å². The molecule has 2 saturated heterocycles. The molecule has 0 amide bonds. The zero-order chi connectivity index (χ0) is 50.8. The van der Waals surface area contributed by atoms with Crippen LogP contribution >= 0.6 is 0 Å². The van der Waals surface area contributed by atoms with Gasteiger partial charge in [-0.2, -0.15) is 0 Å². The van der Waals surface area contributed by atoms with Crippen molar-refractivity contribution in [3.05, 3.63) is 215 Å². The highest BCUT2D eigenvalue weighted by atomic mass is 16.8. The Labute approximate surface area is 425 Å². The molecule has 15 heteroatoms. The van der Waals surface area contributed by atoms with E-state index in [4.69, 9.17) is 56.8 Å². The Hall–Kier alpha value is -6.63. The minimum atomic E-state index is -1.44. The third-order valence-corrected chi connectivity index (χ3v) is 12.4. The Bertz CT molecular complexity index is 2610. The summed E-state index contributed by atoms with van der Waals surface area (Å²) in [7, 11) is 4.22. The molecule has 0 bridgehead atoms. The maximum atomic E-state index is 14.2. The minimum Gasteiger partial charge on any atom is -0.465 e. The highest BCUT2D eigenvalue weighted by molar-refractivity contribution is 6.03. The number of ether oxygens (including phenoxy) is 12. The zero-order valence-corrected chi connectivity index (χ0v) is 40.9. The van der Waals surface area contributed by atoms with E-state index < -0.39 is 79.3 Å². The molecule has 0 saturated carbocycles. The maximum absolute atomic E-state index is 14.2. The lowest BCUT2D eigenvalue weighted by Gasteiger charge is -2.49. The Morgan fingerprint density at radius 2 is 0.795 bits per heavy atom. The molecule has 6 aromatic rings. The van der Waals surface area contributed by atoms with Gasteiger partial charge in [-0.05, 0) is 46.5 Å². The average Bonchev–Trinajstić information content (AvgIpc) is 3.44. The van der Waals surface area contributed by atoms with Crippen LogP contribution in [0.4, 0.5) is 0 Å². The number of methoxy groups -OCH3 is 3. The van der Waals surface area contributed by atoms with Gasteiger partial charge in [-0.15, -0.1) is 0 Å². The lowest BCUT2D eigenvalue weighted by molar-refractivity contribution is -0.366. The molecule has 2 fully saturated rings. The van der Waals surface area contributed by atoms with Crippen LogP contribution in [0.2, 0.25) is 0 Å². The molecule has 2 heterocycles. The van der Waals surface area contributed by atoms with E-state index in [9.17, 15) is 14.4 Å². The van der Waals surface area contributed by atoms with Gasteiger partial charge < -0.3 is 56.8 Å². The van der Waals surface area contributed by atoms with Crippen LogP contribution in [-0.4, -0.2) is 114 Å². The summed E-state index contributed by atoms with van der Waals surface area (Å²) in [6, 6.07) is 53.0. The molecule has 8 rings (SSSR count). The smallest absolute Gasteiger partial charge is 0.341 e. The van der Waals surface area contributed by atoms with Gasteiger partial charge in [0.25, 0.3) is 0 Å². The molecule has 0 aromatic heterocycles. The van der Waals surface area contributed by atoms with Crippen molar-refractivity contribution < 1.29 is 71.2 Å². The summed E-state index contributed by atoms with van der Waals surface area (Å²) < 4.78 is 77.0. The van der Waals surface area contributed by atoms with Crippen LogP contribution in [0.1, 0.15) is 53.3 Å². The van der Waals surface area contributed by atoms with Crippen molar-refractivity contribution in [3.8, 4) is 0 Å². The maximum Gasteiger partial charge on any atom is 0.341 e. The number of hydrogen-bond acceptors (Lipinski definition) is 15. The summed E-state index contributed by atoms with van der Waals surface area (Å²) in [4.78, 5) is 41.0. The van der Waals surface area contributed by atoms with Crippen LogP contribution < -0.4 is 0 Å². The van der Waals surface area contributed by atoms with Crippen LogP contribution in [0.3, 0.4) is 0 Å². The normalized spacial score (nSPS) is 23.8. The van der Waals surface area contributed by atoms with Crippen molar-refractivity contribution in [2.45, 2.75) is 87.8 Å². The van der Waals surface area contributed by atoms with Gasteiger partial charge in [-0.25, -0.2) is 14.4 Å². The van der Waals surface area contributed by atoms with Crippen molar-refractivity contribution in [2.75, 3.05) is 34.5 Å². The number of benzene rings is 6. The summed E-state index contributed by atoms with van der Waals surface area (Å²) in [5.41, 5.74) is 3.75. The lowest BCUT2D eigenvalue weighted by atomic mass is 9.96. The lowest BCUT2D eigenvalue weighted by Crippen LogP contribution is -2.66. The predicted molar refractivity (Wildman–Crippen MR) is 265 cm³/mol. The molecule has 15 nitrogen and oxygen atoms in total. The van der Waals surface area contributed by atoms with E-state index in [0.29, 0.717) is 5.56 Å². The number of carbonyl (C=O) groups is 3. The van der Waals surface area contributed by atoms with E-state index in [2.05, 4.69) is 0 Å². The Kier molecular flexibility index (Phi) is 19.4. The van der Waals surface area contributed by atoms with E-state index in [1.807, 2.05) is 127 Å². The van der Waals surface area contributed by atoms with E-state index in [1.165, 1.54) is 33.5 Å². The first-order valence-electron chi connectivity index (χ1n) is 24.0. The van der Waals surface area contributed by atoms with Gasteiger partial charge in [0.2, 0.25) is 6.29 Å². The third kappa shape index (κ3) is 14.1. The van der Waals surface area contributed by atoms with Gasteiger partial charge in [0.15, 0.2) is 12.4 Å². The largest absolute Gasteiger partial charge is 0.465 e. The summed E-state index contributed by atoms with van der Waals surface area (Å²) in [5.74, 6) is -2.20. The van der Waals surface area contributed by atoms with E-state index in [0.717, 1.165) is 22.3 Å². The second-order valence-electron chi connectivity index (χ2n) is 17.3. The Morgan fingerprint density at radius 3 is 1.27 bits per heavy atom. The molecular formula is C58H60O15. The molecule has 73 heavy (non-hydrogen) atoms. The Balaban J connectivity index is 1.16. The van der Waals surface area contributed by atoms with Crippen LogP contribution in [0.5, 0.6) is 0 Å². The van der Waals surface area contributed by atoms with Crippen LogP contribution in [0.25, 0.3) is 0 Å². The summed E-state index contributed by atoms with van der Waals surface area (Å²) in [6.07, 6.45) is -11.2. The number of esters is 3. The van der Waals surface area contributed by atoms with E-state index in [-0.39, 0.29) is 50.8 Å². The third-order valence-electron chi connectivity index (χ3n) is 12.4. The van der Waals surface area contributed by atoms with Crippen molar-refractivity contribution in [1.29, 1.82) is 0 Å². The standard InChI is InChI=1S/C58H60O15/c1-62-50-48(71-54(59)43-29-17-8-18-30-43)46(37-65-33-39-21-9-4-10-22-39)69-57(52(50)67-35-41-25-13-6-14-26-41)72-49-47(38-66-34-40-23-11-5-12-24-40)70-58(53(51(49)63-2)68-36-42-27-15-7-16-28-42)73-56(61)45-32-20-19-31-44(45)55(60)64-3/h4-32,46-53,57-58H,33-38H2,1-3H3/t46-,47-,48-,49-,50+,51+,52+,53+,57-,58-/m1/s1. The SMILES string of the molecule is COC(=O)c1ccccc1C(=O)O[C@H]1O[C@H](COCc2ccccc2)[C@@H](O[C@H]2O[C@H](COCc3ccccc3)[C@@H](OC(=O)c3ccccc3)[C@H](OC)[C@@H]2OCc2ccccc2)[C@H](OC)[C@@H]1OCc1ccccc1. The van der Waals surface area contributed by atoms with Gasteiger partial charge >= 0.3 is 17.9 Å². The number of rotatable bonds is 23. The second kappa shape index (κ2) is 26.9. The molecule has 382 valence electrons. The fraction of sp³-hybridized carbons (Fsp3) is 0.328. The minimum absolute atomic E-state index is 0.00134. The quantitative estimate of drug-likeness (QED) is 0.0445. The number of hydrogen-bond donors (Lipinski definition) is 0. The van der Waals surface area contributed by atoms with Crippen molar-refractivity contribution in [3.63, 3.8) is 0 Å². The summed E-state index contributed by atoms with van der Waals surface area (Å²) in [5, 5.41) is 0. The molecule has 0 radical (unpaired) electrons. The van der Waals surface area contributed by atoms with Gasteiger partial charge in [-0.1, -0.05) is 152 Å².